The maximum atomic E-state index is 6.22. The Balaban J connectivity index is 1.61. The number of nitrogens with zero attached hydrogens (tertiary/aromatic N) is 2. The molecule has 0 unspecified atom stereocenters. The maximum absolute atomic E-state index is 6.22. The van der Waals surface area contributed by atoms with E-state index in [0.717, 1.165) is 36.0 Å². The van der Waals surface area contributed by atoms with Gasteiger partial charge in [0.2, 0.25) is 0 Å². The fraction of sp³-hybridized carbons (Fsp3) is 0.591. The van der Waals surface area contributed by atoms with Crippen LogP contribution < -0.4 is 0 Å². The number of hydrogen-bond acceptors (Lipinski definition) is 3. The average molecular weight is 431 g/mol. The Morgan fingerprint density at radius 2 is 1.78 bits per heavy atom. The lowest BCUT2D eigenvalue weighted by molar-refractivity contribution is -0.276. The summed E-state index contributed by atoms with van der Waals surface area (Å²) in [5.41, 5.74) is 3.73. The molecule has 2 heterocycles. The number of hydrogen-bond donors (Lipinski definition) is 0. The summed E-state index contributed by atoms with van der Waals surface area (Å²) in [6, 6.07) is 10.4. The fourth-order valence-corrected chi connectivity index (χ4v) is 6.73. The predicted octanol–water partition coefficient (Wildman–Crippen LogP) is 5.02. The molecule has 5 rings (SSSR count). The molecule has 1 saturated carbocycles. The first-order valence-corrected chi connectivity index (χ1v) is 10.8. The summed E-state index contributed by atoms with van der Waals surface area (Å²) < 4.78 is 15.6. The smallest absolute Gasteiger partial charge is 0.173 e. The van der Waals surface area contributed by atoms with E-state index in [0.29, 0.717) is 19.1 Å². The van der Waals surface area contributed by atoms with Crippen molar-refractivity contribution < 1.29 is 9.47 Å². The van der Waals surface area contributed by atoms with E-state index in [-0.39, 0.29) is 10.8 Å². The lowest BCUT2D eigenvalue weighted by atomic mass is 9.49. The molecule has 1 aromatic heterocycles. The molecular weight excluding hydrogens is 404 g/mol. The number of aromatic nitrogens is 2. The monoisotopic (exact) mass is 430 g/mol. The van der Waals surface area contributed by atoms with E-state index in [2.05, 4.69) is 65.6 Å². The average Bonchev–Trinajstić information content (AvgIpc) is 3.27. The van der Waals surface area contributed by atoms with Crippen LogP contribution in [-0.2, 0) is 21.3 Å². The molecule has 0 N–H and O–H groups in total. The van der Waals surface area contributed by atoms with Crippen LogP contribution in [0.15, 0.2) is 34.9 Å². The van der Waals surface area contributed by atoms with Gasteiger partial charge in [-0.05, 0) is 53.2 Å². The Kier molecular flexibility index (Phi) is 3.92. The van der Waals surface area contributed by atoms with Gasteiger partial charge in [-0.15, -0.1) is 0 Å². The molecule has 27 heavy (non-hydrogen) atoms. The number of benzene rings is 1. The third-order valence-electron chi connectivity index (χ3n) is 7.49. The lowest BCUT2D eigenvalue weighted by Gasteiger charge is -2.59. The predicted molar refractivity (Wildman–Crippen MR) is 108 cm³/mol. The largest absolute Gasteiger partial charge is 0.347 e. The lowest BCUT2D eigenvalue weighted by Crippen LogP contribution is -2.61. The van der Waals surface area contributed by atoms with E-state index in [9.17, 15) is 0 Å². The Morgan fingerprint density at radius 3 is 2.48 bits per heavy atom. The number of ether oxygens (including phenoxy) is 2. The van der Waals surface area contributed by atoms with Crippen molar-refractivity contribution in [1.82, 2.24) is 9.78 Å². The van der Waals surface area contributed by atoms with Crippen molar-refractivity contribution in [2.75, 3.05) is 13.2 Å². The molecule has 144 valence electrons. The van der Waals surface area contributed by atoms with Crippen LogP contribution >= 0.6 is 15.9 Å². The van der Waals surface area contributed by atoms with E-state index in [1.54, 1.807) is 0 Å². The van der Waals surface area contributed by atoms with Gasteiger partial charge in [0.15, 0.2) is 5.79 Å². The highest BCUT2D eigenvalue weighted by Crippen LogP contribution is 2.62. The van der Waals surface area contributed by atoms with Gasteiger partial charge in [-0.3, -0.25) is 0 Å². The summed E-state index contributed by atoms with van der Waals surface area (Å²) in [5.74, 6) is 0.0591. The summed E-state index contributed by atoms with van der Waals surface area (Å²) in [6.45, 7) is 8.52. The van der Waals surface area contributed by atoms with Crippen molar-refractivity contribution in [3.05, 3.63) is 46.2 Å². The molecule has 5 heteroatoms. The van der Waals surface area contributed by atoms with E-state index in [1.807, 2.05) is 6.07 Å². The van der Waals surface area contributed by atoms with Gasteiger partial charge in [0.05, 0.1) is 24.6 Å². The number of fused-ring (bicyclic) bond motifs is 3. The van der Waals surface area contributed by atoms with Crippen LogP contribution in [0.5, 0.6) is 0 Å². The molecule has 2 fully saturated rings. The Bertz CT molecular complexity index is 870. The van der Waals surface area contributed by atoms with Crippen molar-refractivity contribution in [1.29, 1.82) is 0 Å². The molecule has 2 aromatic rings. The molecule has 3 aliphatic rings. The molecule has 0 radical (unpaired) electrons. The maximum Gasteiger partial charge on any atom is 0.173 e. The first kappa shape index (κ1) is 17.9. The topological polar surface area (TPSA) is 36.3 Å². The zero-order chi connectivity index (χ0) is 18.9. The first-order chi connectivity index (χ1) is 12.9. The van der Waals surface area contributed by atoms with Crippen molar-refractivity contribution in [2.24, 2.45) is 11.3 Å². The van der Waals surface area contributed by atoms with E-state index in [4.69, 9.17) is 14.6 Å². The molecule has 2 atom stereocenters. The second-order valence-electron chi connectivity index (χ2n) is 9.05. The minimum Gasteiger partial charge on any atom is -0.347 e. The van der Waals surface area contributed by atoms with E-state index >= 15 is 0 Å². The summed E-state index contributed by atoms with van der Waals surface area (Å²) in [4.78, 5) is 0. The van der Waals surface area contributed by atoms with Crippen LogP contribution in [0.2, 0.25) is 0 Å². The molecular formula is C22H27BrN2O2. The van der Waals surface area contributed by atoms with Crippen LogP contribution in [0.4, 0.5) is 0 Å². The zero-order valence-corrected chi connectivity index (χ0v) is 17.9. The normalized spacial score (nSPS) is 30.9. The van der Waals surface area contributed by atoms with Crippen LogP contribution in [0, 0.1) is 11.3 Å². The third kappa shape index (κ3) is 2.31. The van der Waals surface area contributed by atoms with Gasteiger partial charge >= 0.3 is 0 Å². The second-order valence-corrected chi connectivity index (χ2v) is 9.80. The third-order valence-corrected chi connectivity index (χ3v) is 8.31. The molecule has 0 amide bonds. The Labute approximate surface area is 169 Å². The van der Waals surface area contributed by atoms with Crippen molar-refractivity contribution in [2.45, 2.75) is 57.7 Å². The minimum atomic E-state index is -0.423. The van der Waals surface area contributed by atoms with Gasteiger partial charge < -0.3 is 9.47 Å². The van der Waals surface area contributed by atoms with E-state index in [1.165, 1.54) is 11.3 Å². The van der Waals surface area contributed by atoms with Gasteiger partial charge in [-0.2, -0.15) is 5.10 Å². The van der Waals surface area contributed by atoms with Crippen molar-refractivity contribution >= 4 is 15.9 Å². The number of rotatable bonds is 1. The highest BCUT2D eigenvalue weighted by atomic mass is 79.9. The molecule has 1 aliphatic heterocycles. The highest BCUT2D eigenvalue weighted by molar-refractivity contribution is 9.10. The van der Waals surface area contributed by atoms with Crippen LogP contribution in [0.1, 0.15) is 51.3 Å². The molecule has 0 bridgehead atoms. The molecule has 1 spiro atoms. The fourth-order valence-electron chi connectivity index (χ4n) is 6.06. The summed E-state index contributed by atoms with van der Waals surface area (Å²) in [5, 5.41) is 5.15. The van der Waals surface area contributed by atoms with Gasteiger partial charge in [0, 0.05) is 22.8 Å². The van der Waals surface area contributed by atoms with Gasteiger partial charge in [-0.1, -0.05) is 39.0 Å². The van der Waals surface area contributed by atoms with Crippen LogP contribution in [0.25, 0.3) is 5.69 Å². The standard InChI is InChI=1S/C22H27BrN2O2/c1-20(2)17-10-9-16-18(21(17,3)11-12-22(20)26-13-14-27-22)24-25(19(16)23)15-7-5-4-6-8-15/h4-8,17H,9-14H2,1-3H3/t17-,21-/m0/s1. The van der Waals surface area contributed by atoms with Crippen molar-refractivity contribution in [3.63, 3.8) is 0 Å². The van der Waals surface area contributed by atoms with E-state index < -0.39 is 5.79 Å². The molecule has 1 saturated heterocycles. The SMILES string of the molecule is CC1(C)[C@@H]2CCc3c(nn(-c4ccccc4)c3Br)[C@@]2(C)CCC12OCCO2. The van der Waals surface area contributed by atoms with Gasteiger partial charge in [0.1, 0.15) is 4.60 Å². The Hall–Kier alpha value is -1.17. The number of para-hydroxylation sites is 1. The molecule has 1 aromatic carbocycles. The summed E-state index contributed by atoms with van der Waals surface area (Å²) in [7, 11) is 0. The zero-order valence-electron chi connectivity index (χ0n) is 16.3. The Morgan fingerprint density at radius 1 is 1.07 bits per heavy atom. The highest BCUT2D eigenvalue weighted by Gasteiger charge is 2.64. The van der Waals surface area contributed by atoms with Gasteiger partial charge in [0.25, 0.3) is 0 Å². The van der Waals surface area contributed by atoms with Crippen molar-refractivity contribution in [3.8, 4) is 5.69 Å². The van der Waals surface area contributed by atoms with Crippen LogP contribution in [0.3, 0.4) is 0 Å². The quantitative estimate of drug-likeness (QED) is 0.637. The first-order valence-electron chi connectivity index (χ1n) is 10.0. The molecule has 4 nitrogen and oxygen atoms in total. The second kappa shape index (κ2) is 5.91. The minimum absolute atomic E-state index is 0.0419. The van der Waals surface area contributed by atoms with Gasteiger partial charge in [-0.25, -0.2) is 4.68 Å². The molecule has 2 aliphatic carbocycles. The number of halogens is 1. The summed E-state index contributed by atoms with van der Waals surface area (Å²) in [6.07, 6.45) is 4.17. The summed E-state index contributed by atoms with van der Waals surface area (Å²) >= 11 is 3.85. The van der Waals surface area contributed by atoms with Crippen LogP contribution in [-0.4, -0.2) is 28.8 Å².